The van der Waals surface area contributed by atoms with Crippen molar-refractivity contribution in [2.24, 2.45) is 34.5 Å². The Kier molecular flexibility index (Phi) is 8.82. The van der Waals surface area contributed by atoms with Gasteiger partial charge in [0.1, 0.15) is 13.2 Å². The molecule has 0 aliphatic heterocycles. The van der Waals surface area contributed by atoms with Gasteiger partial charge in [0.15, 0.2) is 0 Å². The minimum absolute atomic E-state index is 0.0905. The third kappa shape index (κ3) is 6.04. The van der Waals surface area contributed by atoms with E-state index in [1.54, 1.807) is 0 Å². The van der Waals surface area contributed by atoms with Gasteiger partial charge < -0.3 is 14.2 Å². The summed E-state index contributed by atoms with van der Waals surface area (Å²) < 4.78 is 19.0. The van der Waals surface area contributed by atoms with Gasteiger partial charge in [0.25, 0.3) is 0 Å². The van der Waals surface area contributed by atoms with Gasteiger partial charge in [0.2, 0.25) is 0 Å². The van der Waals surface area contributed by atoms with E-state index in [2.05, 4.69) is 53.7 Å². The van der Waals surface area contributed by atoms with Gasteiger partial charge in [0.05, 0.1) is 11.2 Å². The van der Waals surface area contributed by atoms with Crippen LogP contribution in [0.5, 0.6) is 0 Å². The van der Waals surface area contributed by atoms with Crippen molar-refractivity contribution in [1.29, 1.82) is 0 Å². The number of carbonyl (C=O) groups excluding carboxylic acids is 2. The van der Waals surface area contributed by atoms with Gasteiger partial charge in [-0.1, -0.05) is 66.5 Å². The molecule has 0 aromatic rings. The molecular weight excluding hydrogens is 488 g/mol. The summed E-state index contributed by atoms with van der Waals surface area (Å²) in [5, 5.41) is 0. The van der Waals surface area contributed by atoms with Crippen LogP contribution in [0.25, 0.3) is 0 Å². The maximum Gasteiger partial charge on any atom is 0.302 e. The van der Waals surface area contributed by atoms with Crippen molar-refractivity contribution in [3.63, 3.8) is 0 Å². The van der Waals surface area contributed by atoms with Gasteiger partial charge in [-0.25, -0.2) is 0 Å². The van der Waals surface area contributed by atoms with Gasteiger partial charge in [-0.2, -0.15) is 0 Å². The first-order valence-electron chi connectivity index (χ1n) is 15.6. The van der Waals surface area contributed by atoms with E-state index in [9.17, 15) is 9.59 Å². The molecule has 0 aromatic carbocycles. The molecule has 0 radical (unpaired) electrons. The molecule has 0 N–H and O–H groups in total. The smallest absolute Gasteiger partial charge is 0.302 e. The second-order valence-electron chi connectivity index (χ2n) is 14.7. The van der Waals surface area contributed by atoms with Crippen LogP contribution in [0.2, 0.25) is 0 Å². The van der Waals surface area contributed by atoms with E-state index in [4.69, 9.17) is 14.2 Å². The number of hydrogen-bond donors (Lipinski definition) is 0. The predicted molar refractivity (Wildman–Crippen MR) is 155 cm³/mol. The molecule has 0 heterocycles. The molecule has 5 heteroatoms. The van der Waals surface area contributed by atoms with Crippen molar-refractivity contribution in [3.05, 3.63) is 23.3 Å². The summed E-state index contributed by atoms with van der Waals surface area (Å²) in [5.41, 5.74) is 2.15. The topological polar surface area (TPSA) is 61.8 Å². The van der Waals surface area contributed by atoms with Crippen LogP contribution < -0.4 is 0 Å². The molecule has 2 fully saturated rings. The Balaban J connectivity index is 1.80. The molecule has 0 saturated heterocycles. The van der Waals surface area contributed by atoms with Crippen LogP contribution in [0.15, 0.2) is 23.3 Å². The molecule has 4 rings (SSSR count). The Morgan fingerprint density at radius 2 is 1.10 bits per heavy atom. The lowest BCUT2D eigenvalue weighted by atomic mass is 9.58. The van der Waals surface area contributed by atoms with E-state index in [-0.39, 0.29) is 45.8 Å². The average molecular weight is 543 g/mol. The second kappa shape index (κ2) is 11.3. The highest BCUT2D eigenvalue weighted by molar-refractivity contribution is 5.66. The Morgan fingerprint density at radius 3 is 1.46 bits per heavy atom. The lowest BCUT2D eigenvalue weighted by Crippen LogP contribution is -2.62. The van der Waals surface area contributed by atoms with Crippen molar-refractivity contribution in [2.45, 2.75) is 131 Å². The summed E-state index contributed by atoms with van der Waals surface area (Å²) >= 11 is 0. The van der Waals surface area contributed by atoms with E-state index in [0.29, 0.717) is 25.0 Å². The van der Waals surface area contributed by atoms with Crippen molar-refractivity contribution in [2.75, 3.05) is 13.2 Å². The van der Waals surface area contributed by atoms with Crippen molar-refractivity contribution in [3.8, 4) is 0 Å². The number of esters is 2. The minimum Gasteiger partial charge on any atom is -0.461 e. The fraction of sp³-hybridized carbons (Fsp3) is 0.824. The summed E-state index contributed by atoms with van der Waals surface area (Å²) in [4.78, 5) is 23.2. The predicted octanol–water partition coefficient (Wildman–Crippen LogP) is 7.97. The zero-order valence-corrected chi connectivity index (χ0v) is 26.0. The monoisotopic (exact) mass is 542 g/mol. The molecule has 4 aliphatic carbocycles. The molecule has 5 nitrogen and oxygen atoms in total. The van der Waals surface area contributed by atoms with E-state index in [1.807, 2.05) is 0 Å². The van der Waals surface area contributed by atoms with E-state index in [1.165, 1.54) is 63.5 Å². The van der Waals surface area contributed by atoms with Crippen molar-refractivity contribution in [1.82, 2.24) is 0 Å². The fourth-order valence-electron chi connectivity index (χ4n) is 8.76. The summed E-state index contributed by atoms with van der Waals surface area (Å²) in [6.07, 6.45) is 15.8. The molecule has 4 aliphatic rings. The maximum absolute atomic E-state index is 11.6. The molecule has 0 aromatic heterocycles. The zero-order chi connectivity index (χ0) is 28.6. The Hall–Kier alpha value is -1.62. The van der Waals surface area contributed by atoms with Crippen LogP contribution in [0.4, 0.5) is 0 Å². The Bertz CT molecular complexity index is 912. The Morgan fingerprint density at radius 1 is 0.718 bits per heavy atom. The molecule has 2 unspecified atom stereocenters. The van der Waals surface area contributed by atoms with Crippen LogP contribution in [0.1, 0.15) is 120 Å². The van der Waals surface area contributed by atoms with Gasteiger partial charge in [-0.05, 0) is 85.2 Å². The number of fused-ring (bicyclic) bond motifs is 2. The Labute approximate surface area is 237 Å². The lowest BCUT2D eigenvalue weighted by Gasteiger charge is -2.60. The van der Waals surface area contributed by atoms with E-state index >= 15 is 0 Å². The number of rotatable bonds is 6. The molecule has 39 heavy (non-hydrogen) atoms. The second-order valence-corrected chi connectivity index (χ2v) is 14.7. The molecule has 0 spiro atoms. The third-order valence-electron chi connectivity index (χ3n) is 11.1. The first-order valence-corrected chi connectivity index (χ1v) is 15.6. The van der Waals surface area contributed by atoms with Gasteiger partial charge >= 0.3 is 11.9 Å². The summed E-state index contributed by atoms with van der Waals surface area (Å²) in [6, 6.07) is 0. The fourth-order valence-corrected chi connectivity index (χ4v) is 8.76. The first-order chi connectivity index (χ1) is 18.2. The normalized spacial score (nSPS) is 37.6. The van der Waals surface area contributed by atoms with Gasteiger partial charge in [0, 0.05) is 25.7 Å². The number of hydrogen-bond acceptors (Lipinski definition) is 5. The maximum atomic E-state index is 11.6. The molecule has 2 saturated carbocycles. The highest BCUT2D eigenvalue weighted by Crippen LogP contribution is 2.61. The highest BCUT2D eigenvalue weighted by atomic mass is 16.5. The van der Waals surface area contributed by atoms with Crippen LogP contribution in [0.3, 0.4) is 0 Å². The summed E-state index contributed by atoms with van der Waals surface area (Å²) in [6.45, 7) is 18.3. The quantitative estimate of drug-likeness (QED) is 0.252. The van der Waals surface area contributed by atoms with Gasteiger partial charge in [-0.3, -0.25) is 9.59 Å². The first kappa shape index (κ1) is 30.3. The largest absolute Gasteiger partial charge is 0.461 e. The van der Waals surface area contributed by atoms with Crippen molar-refractivity contribution < 1.29 is 23.8 Å². The minimum atomic E-state index is -0.256. The van der Waals surface area contributed by atoms with Crippen LogP contribution in [0, 0.1) is 34.5 Å². The van der Waals surface area contributed by atoms with Crippen LogP contribution in [-0.4, -0.2) is 36.4 Å². The SMILES string of the molecule is CC(=O)OCC1=C[C@@H]2C(C)(C)CCCC(C)[C@]2(O[C@@]23CCC(COC(C)=O)=C[C@@H]2C(C)(C)CCCC3C)CC1. The number of carbonyl (C=O) groups is 2. The molecule has 0 amide bonds. The number of ether oxygens (including phenoxy) is 3. The van der Waals surface area contributed by atoms with E-state index in [0.717, 1.165) is 25.7 Å². The molecule has 6 atom stereocenters. The lowest BCUT2D eigenvalue weighted by molar-refractivity contribution is -0.258. The zero-order valence-electron chi connectivity index (χ0n) is 26.0. The van der Waals surface area contributed by atoms with Crippen LogP contribution >= 0.6 is 0 Å². The van der Waals surface area contributed by atoms with Crippen LogP contribution in [-0.2, 0) is 23.8 Å². The van der Waals surface area contributed by atoms with Crippen molar-refractivity contribution >= 4 is 11.9 Å². The highest BCUT2D eigenvalue weighted by Gasteiger charge is 2.60. The standard InChI is InChI=1S/C34H54O5/c1-23-11-9-15-31(5,6)29-19-27(21-37-25(3)35)13-17-33(23,29)39-34-18-14-28(22-38-26(4)36)20-30(34)32(7,8)16-10-12-24(34)2/h19-20,23-24,29-30H,9-18,21-22H2,1-8H3/t23?,24?,29-,30-,33-,34-/m1/s1. The van der Waals surface area contributed by atoms with Gasteiger partial charge in [-0.15, -0.1) is 0 Å². The third-order valence-corrected chi connectivity index (χ3v) is 11.1. The summed E-state index contributed by atoms with van der Waals surface area (Å²) in [5.74, 6) is 0.981. The summed E-state index contributed by atoms with van der Waals surface area (Å²) in [7, 11) is 0. The molecule has 220 valence electrons. The average Bonchev–Trinajstić information content (AvgIpc) is 3.01. The van der Waals surface area contributed by atoms with E-state index < -0.39 is 0 Å². The molecule has 0 bridgehead atoms. The molecular formula is C34H54O5.